The average Bonchev–Trinajstić information content (AvgIpc) is 1.95. The SMILES string of the molecule is C=CC(OOC(C)(C)C)OC(=O)O. The molecule has 0 aliphatic rings. The van der Waals surface area contributed by atoms with E-state index < -0.39 is 18.0 Å². The number of carbonyl (C=O) groups is 1. The molecule has 5 heteroatoms. The maximum Gasteiger partial charge on any atom is 0.508 e. The lowest BCUT2D eigenvalue weighted by molar-refractivity contribution is -0.397. The molecule has 0 aromatic carbocycles. The van der Waals surface area contributed by atoms with Gasteiger partial charge in [-0.15, -0.1) is 0 Å². The van der Waals surface area contributed by atoms with E-state index in [9.17, 15) is 4.79 Å². The van der Waals surface area contributed by atoms with Crippen molar-refractivity contribution in [1.29, 1.82) is 0 Å². The molecule has 0 bridgehead atoms. The lowest BCUT2D eigenvalue weighted by Gasteiger charge is -2.20. The summed E-state index contributed by atoms with van der Waals surface area (Å²) in [6.45, 7) is 8.59. The first-order valence-electron chi connectivity index (χ1n) is 3.72. The molecule has 0 amide bonds. The van der Waals surface area contributed by atoms with Crippen molar-refractivity contribution < 1.29 is 24.4 Å². The maximum atomic E-state index is 10.1. The molecule has 0 aliphatic carbocycles. The largest absolute Gasteiger partial charge is 0.508 e. The topological polar surface area (TPSA) is 65.0 Å². The maximum absolute atomic E-state index is 10.1. The minimum atomic E-state index is -1.44. The Morgan fingerprint density at radius 2 is 2.08 bits per heavy atom. The van der Waals surface area contributed by atoms with Crippen LogP contribution in [0.2, 0.25) is 0 Å². The molecule has 76 valence electrons. The van der Waals surface area contributed by atoms with E-state index in [1.807, 2.05) is 0 Å². The highest BCUT2D eigenvalue weighted by atomic mass is 17.2. The van der Waals surface area contributed by atoms with Crippen molar-refractivity contribution in [2.45, 2.75) is 32.7 Å². The minimum Gasteiger partial charge on any atom is -0.450 e. The summed E-state index contributed by atoms with van der Waals surface area (Å²) in [7, 11) is 0. The Morgan fingerprint density at radius 3 is 2.38 bits per heavy atom. The molecule has 0 heterocycles. The van der Waals surface area contributed by atoms with E-state index in [1.165, 1.54) is 6.08 Å². The van der Waals surface area contributed by atoms with Gasteiger partial charge in [0, 0.05) is 0 Å². The van der Waals surface area contributed by atoms with Crippen molar-refractivity contribution in [3.63, 3.8) is 0 Å². The third-order valence-electron chi connectivity index (χ3n) is 0.802. The summed E-state index contributed by atoms with van der Waals surface area (Å²) in [4.78, 5) is 19.6. The molecular weight excluding hydrogens is 176 g/mol. The average molecular weight is 190 g/mol. The third-order valence-corrected chi connectivity index (χ3v) is 0.802. The first kappa shape index (κ1) is 11.9. The summed E-state index contributed by atoms with van der Waals surface area (Å²) < 4.78 is 4.25. The highest BCUT2D eigenvalue weighted by molar-refractivity contribution is 5.57. The summed E-state index contributed by atoms with van der Waals surface area (Å²) in [5.74, 6) is 0. The Kier molecular flexibility index (Phi) is 4.44. The fraction of sp³-hybridized carbons (Fsp3) is 0.625. The third kappa shape index (κ3) is 7.30. The number of hydrogen-bond donors (Lipinski definition) is 1. The van der Waals surface area contributed by atoms with Gasteiger partial charge in [0.05, 0.1) is 5.60 Å². The van der Waals surface area contributed by atoms with E-state index in [2.05, 4.69) is 16.2 Å². The second kappa shape index (κ2) is 4.84. The molecule has 0 spiro atoms. The van der Waals surface area contributed by atoms with Crippen LogP contribution in [0.15, 0.2) is 12.7 Å². The minimum absolute atomic E-state index is 0.525. The number of ether oxygens (including phenoxy) is 1. The molecule has 0 rings (SSSR count). The first-order valence-corrected chi connectivity index (χ1v) is 3.72. The molecule has 0 saturated carbocycles. The Morgan fingerprint density at radius 1 is 1.54 bits per heavy atom. The number of hydrogen-bond acceptors (Lipinski definition) is 4. The van der Waals surface area contributed by atoms with Gasteiger partial charge in [0.25, 0.3) is 6.29 Å². The summed E-state index contributed by atoms with van der Waals surface area (Å²) in [6.07, 6.45) is -1.36. The zero-order chi connectivity index (χ0) is 10.5. The van der Waals surface area contributed by atoms with Crippen LogP contribution in [0.1, 0.15) is 20.8 Å². The summed E-state index contributed by atoms with van der Waals surface area (Å²) in [5, 5.41) is 8.24. The lowest BCUT2D eigenvalue weighted by atomic mass is 10.2. The predicted molar refractivity (Wildman–Crippen MR) is 45.0 cm³/mol. The Bertz CT molecular complexity index is 181. The molecule has 0 fully saturated rings. The fourth-order valence-electron chi connectivity index (χ4n) is 0.398. The van der Waals surface area contributed by atoms with Crippen molar-refractivity contribution in [2.24, 2.45) is 0 Å². The summed E-state index contributed by atoms with van der Waals surface area (Å²) >= 11 is 0. The molecule has 13 heavy (non-hydrogen) atoms. The van der Waals surface area contributed by atoms with Crippen LogP contribution in [-0.4, -0.2) is 23.2 Å². The quantitative estimate of drug-likeness (QED) is 0.241. The van der Waals surface area contributed by atoms with E-state index in [1.54, 1.807) is 20.8 Å². The van der Waals surface area contributed by atoms with Crippen LogP contribution in [-0.2, 0) is 14.5 Å². The van der Waals surface area contributed by atoms with Gasteiger partial charge in [-0.05, 0) is 26.8 Å². The van der Waals surface area contributed by atoms with Crippen molar-refractivity contribution in [3.8, 4) is 0 Å². The standard InChI is InChI=1S/C8H14O5/c1-5-6(11-7(9)10)12-13-8(2,3)4/h5-6H,1H2,2-4H3,(H,9,10). The summed E-state index contributed by atoms with van der Waals surface area (Å²) in [5.41, 5.74) is -0.525. The van der Waals surface area contributed by atoms with Gasteiger partial charge >= 0.3 is 6.16 Å². The van der Waals surface area contributed by atoms with Gasteiger partial charge in [-0.2, -0.15) is 4.89 Å². The molecular formula is C8H14O5. The van der Waals surface area contributed by atoms with Crippen LogP contribution in [0.4, 0.5) is 4.79 Å². The smallest absolute Gasteiger partial charge is 0.450 e. The van der Waals surface area contributed by atoms with Gasteiger partial charge in [-0.3, -0.25) is 0 Å². The van der Waals surface area contributed by atoms with Gasteiger partial charge in [-0.25, -0.2) is 9.68 Å². The van der Waals surface area contributed by atoms with E-state index in [0.29, 0.717) is 0 Å². The van der Waals surface area contributed by atoms with Crippen LogP contribution in [0, 0.1) is 0 Å². The Balaban J connectivity index is 3.86. The van der Waals surface area contributed by atoms with Crippen molar-refractivity contribution in [1.82, 2.24) is 0 Å². The Labute approximate surface area is 76.8 Å². The van der Waals surface area contributed by atoms with Crippen molar-refractivity contribution >= 4 is 6.16 Å². The number of carboxylic acid groups (broad SMARTS) is 1. The van der Waals surface area contributed by atoms with Crippen LogP contribution >= 0.6 is 0 Å². The van der Waals surface area contributed by atoms with Crippen LogP contribution in [0.3, 0.4) is 0 Å². The lowest BCUT2D eigenvalue weighted by Crippen LogP contribution is -2.26. The van der Waals surface area contributed by atoms with E-state index in [0.717, 1.165) is 0 Å². The second-order valence-corrected chi connectivity index (χ2v) is 3.28. The molecule has 0 radical (unpaired) electrons. The number of rotatable bonds is 4. The molecule has 1 N–H and O–H groups in total. The van der Waals surface area contributed by atoms with E-state index in [-0.39, 0.29) is 0 Å². The highest BCUT2D eigenvalue weighted by Crippen LogP contribution is 2.10. The van der Waals surface area contributed by atoms with Crippen LogP contribution in [0.5, 0.6) is 0 Å². The van der Waals surface area contributed by atoms with Crippen LogP contribution in [0.25, 0.3) is 0 Å². The van der Waals surface area contributed by atoms with Gasteiger partial charge in [-0.1, -0.05) is 6.58 Å². The molecule has 0 saturated heterocycles. The normalized spacial score (nSPS) is 13.5. The van der Waals surface area contributed by atoms with E-state index >= 15 is 0 Å². The zero-order valence-corrected chi connectivity index (χ0v) is 7.94. The van der Waals surface area contributed by atoms with Gasteiger partial charge in [0.2, 0.25) is 0 Å². The second-order valence-electron chi connectivity index (χ2n) is 3.28. The molecule has 0 aliphatic heterocycles. The van der Waals surface area contributed by atoms with Crippen LogP contribution < -0.4 is 0 Å². The highest BCUT2D eigenvalue weighted by Gasteiger charge is 2.17. The van der Waals surface area contributed by atoms with Crippen molar-refractivity contribution in [2.75, 3.05) is 0 Å². The molecule has 5 nitrogen and oxygen atoms in total. The zero-order valence-electron chi connectivity index (χ0n) is 7.94. The van der Waals surface area contributed by atoms with Gasteiger partial charge in [0.15, 0.2) is 0 Å². The van der Waals surface area contributed by atoms with E-state index in [4.69, 9.17) is 9.99 Å². The van der Waals surface area contributed by atoms with Crippen molar-refractivity contribution in [3.05, 3.63) is 12.7 Å². The van der Waals surface area contributed by atoms with Gasteiger partial charge in [0.1, 0.15) is 0 Å². The molecule has 0 aromatic heterocycles. The Hall–Kier alpha value is -1.07. The molecule has 1 unspecified atom stereocenters. The molecule has 0 aromatic rings. The predicted octanol–water partition coefficient (Wildman–Crippen LogP) is 1.94. The fourth-order valence-corrected chi connectivity index (χ4v) is 0.398. The molecule has 1 atom stereocenters. The monoisotopic (exact) mass is 190 g/mol. The first-order chi connectivity index (χ1) is 5.85. The van der Waals surface area contributed by atoms with Gasteiger partial charge < -0.3 is 9.84 Å². The summed E-state index contributed by atoms with van der Waals surface area (Å²) in [6, 6.07) is 0.